The topological polar surface area (TPSA) is 112 Å². The van der Waals surface area contributed by atoms with E-state index in [1.165, 1.54) is 35.1 Å². The maximum atomic E-state index is 12.6. The number of nitrogens with one attached hydrogen (secondary N) is 1. The van der Waals surface area contributed by atoms with Crippen molar-refractivity contribution in [1.82, 2.24) is 14.6 Å². The highest BCUT2D eigenvalue weighted by Crippen LogP contribution is 2.20. The van der Waals surface area contributed by atoms with E-state index in [4.69, 9.17) is 9.47 Å². The van der Waals surface area contributed by atoms with Crippen LogP contribution in [0.5, 0.6) is 5.75 Å². The number of benzene rings is 2. The van der Waals surface area contributed by atoms with Crippen LogP contribution in [0.4, 0.5) is 5.69 Å². The van der Waals surface area contributed by atoms with Crippen LogP contribution in [-0.2, 0) is 17.8 Å². The van der Waals surface area contributed by atoms with Gasteiger partial charge in [0.25, 0.3) is 11.5 Å². The lowest BCUT2D eigenvalue weighted by atomic mass is 10.1. The number of aryl methyl sites for hydroxylation is 1. The number of fused-ring (bicyclic) bond motifs is 1. The lowest BCUT2D eigenvalue weighted by molar-refractivity contribution is 0.0467. The second-order valence-corrected chi connectivity index (χ2v) is 8.73. The summed E-state index contributed by atoms with van der Waals surface area (Å²) < 4.78 is 11.9. The molecule has 1 amide bonds. The number of anilines is 1. The Kier molecular flexibility index (Phi) is 7.51. The number of methoxy groups -OCH3 is 1. The number of ether oxygens (including phenoxy) is 2. The summed E-state index contributed by atoms with van der Waals surface area (Å²) >= 11 is 1.36. The molecule has 4 aromatic rings. The number of rotatable bonds is 9. The molecule has 2 heterocycles. The average molecular weight is 493 g/mol. The summed E-state index contributed by atoms with van der Waals surface area (Å²) in [7, 11) is 1.49. The van der Waals surface area contributed by atoms with Crippen LogP contribution in [0.2, 0.25) is 0 Å². The van der Waals surface area contributed by atoms with Gasteiger partial charge in [-0.3, -0.25) is 9.59 Å². The first-order valence-electron chi connectivity index (χ1n) is 11.1. The van der Waals surface area contributed by atoms with E-state index in [1.807, 2.05) is 0 Å². The average Bonchev–Trinajstić information content (AvgIpc) is 3.29. The van der Waals surface area contributed by atoms with Gasteiger partial charge in [-0.15, -0.1) is 0 Å². The molecule has 0 aliphatic rings. The number of carbonyl (C=O) groups is 2. The Bertz CT molecular complexity index is 1430. The van der Waals surface area contributed by atoms with Gasteiger partial charge >= 0.3 is 5.97 Å². The Morgan fingerprint density at radius 2 is 1.94 bits per heavy atom. The molecular formula is C25H24N4O5S. The van der Waals surface area contributed by atoms with Crippen molar-refractivity contribution in [3.63, 3.8) is 0 Å². The molecule has 0 aliphatic carbocycles. The molecule has 0 fully saturated rings. The molecule has 0 saturated heterocycles. The molecule has 1 N–H and O–H groups in total. The fraction of sp³-hybridized carbons (Fsp3) is 0.240. The van der Waals surface area contributed by atoms with E-state index >= 15 is 0 Å². The molecule has 0 unspecified atom stereocenters. The SMILES string of the molecule is CCCCc1nn2c(=O)cc(COC(=O)c3cccc(NC(=O)c4ccccc4OC)c3)nc2s1. The predicted molar refractivity (Wildman–Crippen MR) is 132 cm³/mol. The molecule has 2 aromatic carbocycles. The molecule has 9 nitrogen and oxygen atoms in total. The van der Waals surface area contributed by atoms with Gasteiger partial charge in [0.1, 0.15) is 17.4 Å². The van der Waals surface area contributed by atoms with E-state index in [1.54, 1.807) is 42.5 Å². The molecule has 0 atom stereocenters. The van der Waals surface area contributed by atoms with Crippen molar-refractivity contribution in [3.8, 4) is 5.75 Å². The Labute approximate surface area is 205 Å². The van der Waals surface area contributed by atoms with Gasteiger partial charge in [0, 0.05) is 18.2 Å². The molecule has 180 valence electrons. The largest absolute Gasteiger partial charge is 0.496 e. The summed E-state index contributed by atoms with van der Waals surface area (Å²) in [6.45, 7) is 1.93. The molecule has 10 heteroatoms. The third-order valence-corrected chi connectivity index (χ3v) is 6.11. The molecule has 0 spiro atoms. The fourth-order valence-electron chi connectivity index (χ4n) is 3.38. The molecule has 0 aliphatic heterocycles. The standard InChI is InChI=1S/C25H24N4O5S/c1-3-4-12-21-28-29-22(30)14-18(27-25(29)35-21)15-34-24(32)16-8-7-9-17(13-16)26-23(31)19-10-5-6-11-20(19)33-2/h5-11,13-14H,3-4,12,15H2,1-2H3,(H,26,31). The van der Waals surface area contributed by atoms with E-state index in [-0.39, 0.29) is 23.6 Å². The highest BCUT2D eigenvalue weighted by atomic mass is 32.1. The summed E-state index contributed by atoms with van der Waals surface area (Å²) in [5.74, 6) is -0.526. The van der Waals surface area contributed by atoms with Gasteiger partial charge < -0.3 is 14.8 Å². The quantitative estimate of drug-likeness (QED) is 0.350. The number of carbonyl (C=O) groups excluding carboxylic acids is 2. The first-order valence-corrected chi connectivity index (χ1v) is 11.9. The number of unbranched alkanes of at least 4 members (excludes halogenated alkanes) is 1. The molecule has 35 heavy (non-hydrogen) atoms. The molecule has 0 saturated carbocycles. The van der Waals surface area contributed by atoms with Crippen LogP contribution in [-0.4, -0.2) is 33.6 Å². The number of esters is 1. The van der Waals surface area contributed by atoms with Crippen molar-refractivity contribution in [3.05, 3.63) is 86.8 Å². The van der Waals surface area contributed by atoms with E-state index in [0.717, 1.165) is 24.3 Å². The highest BCUT2D eigenvalue weighted by molar-refractivity contribution is 7.16. The van der Waals surface area contributed by atoms with Crippen LogP contribution in [0, 0.1) is 0 Å². The van der Waals surface area contributed by atoms with E-state index in [0.29, 0.717) is 27.7 Å². The zero-order valence-electron chi connectivity index (χ0n) is 19.3. The third kappa shape index (κ3) is 5.72. The number of aromatic nitrogens is 3. The van der Waals surface area contributed by atoms with E-state index in [2.05, 4.69) is 22.3 Å². The van der Waals surface area contributed by atoms with Crippen LogP contribution in [0.15, 0.2) is 59.4 Å². The Morgan fingerprint density at radius 1 is 1.11 bits per heavy atom. The van der Waals surface area contributed by atoms with Crippen molar-refractivity contribution in [2.75, 3.05) is 12.4 Å². The van der Waals surface area contributed by atoms with Crippen LogP contribution in [0.3, 0.4) is 0 Å². The minimum Gasteiger partial charge on any atom is -0.496 e. The summed E-state index contributed by atoms with van der Waals surface area (Å²) in [6, 6.07) is 14.6. The van der Waals surface area contributed by atoms with Crippen molar-refractivity contribution >= 4 is 33.9 Å². The zero-order valence-corrected chi connectivity index (χ0v) is 20.1. The zero-order chi connectivity index (χ0) is 24.8. The highest BCUT2D eigenvalue weighted by Gasteiger charge is 2.15. The van der Waals surface area contributed by atoms with Crippen LogP contribution in [0.25, 0.3) is 4.96 Å². The van der Waals surface area contributed by atoms with Crippen molar-refractivity contribution < 1.29 is 19.1 Å². The Hall–Kier alpha value is -4.05. The molecule has 0 radical (unpaired) electrons. The molecule has 2 aromatic heterocycles. The predicted octanol–water partition coefficient (Wildman–Crippen LogP) is 4.11. The summed E-state index contributed by atoms with van der Waals surface area (Å²) in [5.41, 5.74) is 1.07. The minimum atomic E-state index is -0.603. The summed E-state index contributed by atoms with van der Waals surface area (Å²) in [6.07, 6.45) is 2.81. The fourth-order valence-corrected chi connectivity index (χ4v) is 4.34. The van der Waals surface area contributed by atoms with E-state index in [9.17, 15) is 14.4 Å². The maximum Gasteiger partial charge on any atom is 0.338 e. The first-order chi connectivity index (χ1) is 17.0. The van der Waals surface area contributed by atoms with Gasteiger partial charge in [-0.05, 0) is 36.8 Å². The van der Waals surface area contributed by atoms with E-state index < -0.39 is 5.97 Å². The molecule has 4 rings (SSSR count). The van der Waals surface area contributed by atoms with Crippen molar-refractivity contribution in [2.24, 2.45) is 0 Å². The number of hydrogen-bond acceptors (Lipinski definition) is 8. The van der Waals surface area contributed by atoms with Crippen LogP contribution in [0.1, 0.15) is 51.2 Å². The third-order valence-electron chi connectivity index (χ3n) is 5.14. The van der Waals surface area contributed by atoms with Gasteiger partial charge in [0.15, 0.2) is 0 Å². The second kappa shape index (κ2) is 10.9. The minimum absolute atomic E-state index is 0.162. The Balaban J connectivity index is 1.43. The van der Waals surface area contributed by atoms with Gasteiger partial charge in [-0.2, -0.15) is 9.61 Å². The normalized spacial score (nSPS) is 10.8. The first kappa shape index (κ1) is 24.1. The number of para-hydroxylation sites is 1. The summed E-state index contributed by atoms with van der Waals surface area (Å²) in [5, 5.41) is 7.91. The maximum absolute atomic E-state index is 12.6. The van der Waals surface area contributed by atoms with Gasteiger partial charge in [0.2, 0.25) is 4.96 Å². The number of amides is 1. The van der Waals surface area contributed by atoms with Crippen LogP contribution < -0.4 is 15.6 Å². The molecular weight excluding hydrogens is 468 g/mol. The molecule has 0 bridgehead atoms. The number of hydrogen-bond donors (Lipinski definition) is 1. The monoisotopic (exact) mass is 492 g/mol. The van der Waals surface area contributed by atoms with Crippen molar-refractivity contribution in [1.29, 1.82) is 0 Å². The Morgan fingerprint density at radius 3 is 2.74 bits per heavy atom. The van der Waals surface area contributed by atoms with Gasteiger partial charge in [0.05, 0.1) is 23.9 Å². The smallest absolute Gasteiger partial charge is 0.338 e. The van der Waals surface area contributed by atoms with Crippen LogP contribution >= 0.6 is 11.3 Å². The second-order valence-electron chi connectivity index (χ2n) is 7.69. The summed E-state index contributed by atoms with van der Waals surface area (Å²) in [4.78, 5) is 42.5. The number of nitrogens with zero attached hydrogens (tertiary/aromatic N) is 3. The van der Waals surface area contributed by atoms with Crippen molar-refractivity contribution in [2.45, 2.75) is 32.8 Å². The lowest BCUT2D eigenvalue weighted by Gasteiger charge is -2.10. The van der Waals surface area contributed by atoms with Gasteiger partial charge in [-0.25, -0.2) is 9.78 Å². The lowest BCUT2D eigenvalue weighted by Crippen LogP contribution is -2.17. The van der Waals surface area contributed by atoms with Gasteiger partial charge in [-0.1, -0.05) is 42.9 Å².